The fourth-order valence-electron chi connectivity index (χ4n) is 2.82. The van der Waals surface area contributed by atoms with Crippen molar-refractivity contribution >= 4 is 15.9 Å². The standard InChI is InChI=1S/C16H25BrN2O/c1-13-6-2-3-10-19(13)11-5-9-18-12-14-7-4-8-15(17)16(14)20/h4,7-8,13,18,20H,2-3,5-6,9-12H2,1H3. The van der Waals surface area contributed by atoms with E-state index in [1.54, 1.807) is 0 Å². The molecule has 2 rings (SSSR count). The molecule has 0 spiro atoms. The fraction of sp³-hybridized carbons (Fsp3) is 0.625. The van der Waals surface area contributed by atoms with E-state index in [1.807, 2.05) is 18.2 Å². The summed E-state index contributed by atoms with van der Waals surface area (Å²) in [6.45, 7) is 6.49. The Hall–Kier alpha value is -0.580. The van der Waals surface area contributed by atoms with Crippen LogP contribution < -0.4 is 5.32 Å². The Balaban J connectivity index is 1.65. The molecule has 0 aromatic heterocycles. The van der Waals surface area contributed by atoms with Crippen LogP contribution in [0.15, 0.2) is 22.7 Å². The minimum atomic E-state index is 0.352. The van der Waals surface area contributed by atoms with E-state index in [1.165, 1.54) is 38.8 Å². The van der Waals surface area contributed by atoms with Gasteiger partial charge in [-0.25, -0.2) is 0 Å². The van der Waals surface area contributed by atoms with E-state index in [2.05, 4.69) is 33.1 Å². The van der Waals surface area contributed by atoms with Gasteiger partial charge in [-0.3, -0.25) is 0 Å². The molecule has 112 valence electrons. The van der Waals surface area contributed by atoms with Crippen molar-refractivity contribution in [1.29, 1.82) is 0 Å². The third kappa shape index (κ3) is 4.47. The number of halogens is 1. The summed E-state index contributed by atoms with van der Waals surface area (Å²) in [5, 5.41) is 13.3. The average molecular weight is 341 g/mol. The molecule has 1 aromatic rings. The number of nitrogens with one attached hydrogen (secondary N) is 1. The monoisotopic (exact) mass is 340 g/mol. The number of benzene rings is 1. The van der Waals surface area contributed by atoms with E-state index >= 15 is 0 Å². The molecular weight excluding hydrogens is 316 g/mol. The van der Waals surface area contributed by atoms with Crippen LogP contribution in [0, 0.1) is 0 Å². The summed E-state index contributed by atoms with van der Waals surface area (Å²) in [5.41, 5.74) is 0.950. The Bertz CT molecular complexity index is 425. The van der Waals surface area contributed by atoms with Gasteiger partial charge in [0.15, 0.2) is 0 Å². The van der Waals surface area contributed by atoms with Gasteiger partial charge < -0.3 is 15.3 Å². The number of hydrogen-bond donors (Lipinski definition) is 2. The molecule has 0 radical (unpaired) electrons. The second-order valence-corrected chi connectivity index (χ2v) is 6.51. The minimum absolute atomic E-state index is 0.352. The molecule has 4 heteroatoms. The normalized spacial score (nSPS) is 20.2. The predicted molar refractivity (Wildman–Crippen MR) is 87.0 cm³/mol. The van der Waals surface area contributed by atoms with Gasteiger partial charge in [0.2, 0.25) is 0 Å². The van der Waals surface area contributed by atoms with Gasteiger partial charge in [0, 0.05) is 18.2 Å². The quantitative estimate of drug-likeness (QED) is 0.778. The fourth-order valence-corrected chi connectivity index (χ4v) is 3.23. The molecule has 0 bridgehead atoms. The summed E-state index contributed by atoms with van der Waals surface area (Å²) >= 11 is 3.34. The molecule has 1 atom stereocenters. The van der Waals surface area contributed by atoms with Crippen molar-refractivity contribution in [2.75, 3.05) is 19.6 Å². The van der Waals surface area contributed by atoms with E-state index < -0.39 is 0 Å². The highest BCUT2D eigenvalue weighted by atomic mass is 79.9. The SMILES string of the molecule is CC1CCCCN1CCCNCc1cccc(Br)c1O. The highest BCUT2D eigenvalue weighted by molar-refractivity contribution is 9.10. The van der Waals surface area contributed by atoms with E-state index in [4.69, 9.17) is 0 Å². The maximum atomic E-state index is 9.90. The highest BCUT2D eigenvalue weighted by Crippen LogP contribution is 2.27. The van der Waals surface area contributed by atoms with Crippen molar-refractivity contribution in [2.45, 2.75) is 45.2 Å². The lowest BCUT2D eigenvalue weighted by Gasteiger charge is -2.33. The Labute approximate surface area is 130 Å². The minimum Gasteiger partial charge on any atom is -0.506 e. The first-order valence-corrected chi connectivity index (χ1v) is 8.39. The van der Waals surface area contributed by atoms with Crippen LogP contribution in [0.3, 0.4) is 0 Å². The van der Waals surface area contributed by atoms with Gasteiger partial charge in [0.1, 0.15) is 5.75 Å². The molecule has 0 saturated carbocycles. The largest absolute Gasteiger partial charge is 0.506 e. The van der Waals surface area contributed by atoms with Crippen LogP contribution in [0.5, 0.6) is 5.75 Å². The van der Waals surface area contributed by atoms with Gasteiger partial charge >= 0.3 is 0 Å². The first-order chi connectivity index (χ1) is 9.68. The molecule has 0 aliphatic carbocycles. The number of phenolic OH excluding ortho intramolecular Hbond substituents is 1. The van der Waals surface area contributed by atoms with Crippen LogP contribution in [0.4, 0.5) is 0 Å². The molecule has 20 heavy (non-hydrogen) atoms. The number of piperidine rings is 1. The zero-order chi connectivity index (χ0) is 14.4. The lowest BCUT2D eigenvalue weighted by molar-refractivity contribution is 0.159. The van der Waals surface area contributed by atoms with E-state index in [-0.39, 0.29) is 0 Å². The molecule has 1 aromatic carbocycles. The lowest BCUT2D eigenvalue weighted by Crippen LogP contribution is -2.38. The smallest absolute Gasteiger partial charge is 0.134 e. The predicted octanol–water partition coefficient (Wildman–Crippen LogP) is 3.51. The molecule has 3 nitrogen and oxygen atoms in total. The zero-order valence-electron chi connectivity index (χ0n) is 12.2. The maximum absolute atomic E-state index is 9.90. The summed E-state index contributed by atoms with van der Waals surface area (Å²) < 4.78 is 0.763. The summed E-state index contributed by atoms with van der Waals surface area (Å²) in [4.78, 5) is 2.60. The Morgan fingerprint density at radius 3 is 3.05 bits per heavy atom. The van der Waals surface area contributed by atoms with Crippen LogP contribution >= 0.6 is 15.9 Å². The summed E-state index contributed by atoms with van der Waals surface area (Å²) in [6.07, 6.45) is 5.25. The summed E-state index contributed by atoms with van der Waals surface area (Å²) in [7, 11) is 0. The molecular formula is C16H25BrN2O. The van der Waals surface area contributed by atoms with Crippen molar-refractivity contribution in [3.63, 3.8) is 0 Å². The molecule has 1 fully saturated rings. The second-order valence-electron chi connectivity index (χ2n) is 5.66. The zero-order valence-corrected chi connectivity index (χ0v) is 13.8. The van der Waals surface area contributed by atoms with Crippen molar-refractivity contribution in [2.24, 2.45) is 0 Å². The molecule has 2 N–H and O–H groups in total. The highest BCUT2D eigenvalue weighted by Gasteiger charge is 2.16. The maximum Gasteiger partial charge on any atom is 0.134 e. The van der Waals surface area contributed by atoms with Gasteiger partial charge in [-0.2, -0.15) is 0 Å². The topological polar surface area (TPSA) is 35.5 Å². The number of rotatable bonds is 6. The van der Waals surface area contributed by atoms with Gasteiger partial charge in [-0.1, -0.05) is 18.6 Å². The third-order valence-corrected chi connectivity index (χ3v) is 4.77. The van der Waals surface area contributed by atoms with Crippen molar-refractivity contribution in [1.82, 2.24) is 10.2 Å². The average Bonchev–Trinajstić information content (AvgIpc) is 2.45. The molecule has 1 unspecified atom stereocenters. The van der Waals surface area contributed by atoms with Gasteiger partial charge in [0.05, 0.1) is 4.47 Å². The summed E-state index contributed by atoms with van der Waals surface area (Å²) in [5.74, 6) is 0.352. The molecule has 0 amide bonds. The Morgan fingerprint density at radius 2 is 2.25 bits per heavy atom. The second kappa shape index (κ2) is 8.01. The molecule has 1 aliphatic heterocycles. The first kappa shape index (κ1) is 15.8. The molecule has 1 heterocycles. The van der Waals surface area contributed by atoms with Crippen LogP contribution in [-0.4, -0.2) is 35.7 Å². The Morgan fingerprint density at radius 1 is 1.40 bits per heavy atom. The van der Waals surface area contributed by atoms with Crippen molar-refractivity contribution < 1.29 is 5.11 Å². The van der Waals surface area contributed by atoms with Gasteiger partial charge in [-0.05, 0) is 67.8 Å². The third-order valence-electron chi connectivity index (χ3n) is 4.13. The number of likely N-dealkylation sites (tertiary alicyclic amines) is 1. The lowest BCUT2D eigenvalue weighted by atomic mass is 10.0. The van der Waals surface area contributed by atoms with Crippen LogP contribution in [0.25, 0.3) is 0 Å². The Kier molecular flexibility index (Phi) is 6.33. The first-order valence-electron chi connectivity index (χ1n) is 7.59. The van der Waals surface area contributed by atoms with Crippen LogP contribution in [-0.2, 0) is 6.54 Å². The van der Waals surface area contributed by atoms with Crippen LogP contribution in [0.2, 0.25) is 0 Å². The van der Waals surface area contributed by atoms with Crippen LogP contribution in [0.1, 0.15) is 38.2 Å². The molecule has 1 saturated heterocycles. The number of phenols is 1. The number of hydrogen-bond acceptors (Lipinski definition) is 3. The molecule has 1 aliphatic rings. The number of para-hydroxylation sites is 1. The van der Waals surface area contributed by atoms with E-state index in [0.29, 0.717) is 5.75 Å². The number of nitrogens with zero attached hydrogens (tertiary/aromatic N) is 1. The van der Waals surface area contributed by atoms with Gasteiger partial charge in [0.25, 0.3) is 0 Å². The van der Waals surface area contributed by atoms with E-state index in [0.717, 1.165) is 29.2 Å². The van der Waals surface area contributed by atoms with Crippen molar-refractivity contribution in [3.8, 4) is 5.75 Å². The van der Waals surface area contributed by atoms with Crippen molar-refractivity contribution in [3.05, 3.63) is 28.2 Å². The van der Waals surface area contributed by atoms with E-state index in [9.17, 15) is 5.11 Å². The summed E-state index contributed by atoms with van der Waals surface area (Å²) in [6, 6.07) is 6.52. The van der Waals surface area contributed by atoms with Gasteiger partial charge in [-0.15, -0.1) is 0 Å². The number of aromatic hydroxyl groups is 1.